The zero-order valence-corrected chi connectivity index (χ0v) is 17.6. The first-order valence-electron chi connectivity index (χ1n) is 8.82. The van der Waals surface area contributed by atoms with E-state index < -0.39 is 10.0 Å². The zero-order valence-electron chi connectivity index (χ0n) is 16.0. The molecule has 146 valence electrons. The van der Waals surface area contributed by atoms with Gasteiger partial charge in [0.25, 0.3) is 15.9 Å². The van der Waals surface area contributed by atoms with Crippen LogP contribution in [0.25, 0.3) is 0 Å². The summed E-state index contributed by atoms with van der Waals surface area (Å²) < 4.78 is 26.9. The van der Waals surface area contributed by atoms with E-state index >= 15 is 0 Å². The molecule has 0 unspecified atom stereocenters. The number of amides is 1. The van der Waals surface area contributed by atoms with Crippen LogP contribution >= 0.6 is 11.6 Å². The lowest BCUT2D eigenvalue weighted by Crippen LogP contribution is -2.32. The van der Waals surface area contributed by atoms with Gasteiger partial charge in [0.1, 0.15) is 0 Å². The van der Waals surface area contributed by atoms with Crippen LogP contribution in [0.3, 0.4) is 0 Å². The Kier molecular flexibility index (Phi) is 6.89. The van der Waals surface area contributed by atoms with Gasteiger partial charge < -0.3 is 5.32 Å². The number of halogens is 1. The molecule has 5 nitrogen and oxygen atoms in total. The highest BCUT2D eigenvalue weighted by Crippen LogP contribution is 2.27. The van der Waals surface area contributed by atoms with Crippen LogP contribution in [0.4, 0.5) is 5.69 Å². The number of nitrogens with zero attached hydrogens (tertiary/aromatic N) is 1. The molecule has 0 spiro atoms. The van der Waals surface area contributed by atoms with Crippen molar-refractivity contribution in [2.75, 3.05) is 11.4 Å². The Balaban J connectivity index is 2.26. The SMILES string of the molecule is CCC[C@@H](C)NC(=O)c1ccc(N(C)S(=O)(=O)c2ccc(Cl)cc2)c(C)c1. The first-order chi connectivity index (χ1) is 12.7. The molecule has 0 heterocycles. The molecular formula is C20H25ClN2O3S. The van der Waals surface area contributed by atoms with Gasteiger partial charge in [-0.05, 0) is 68.3 Å². The molecule has 0 aromatic heterocycles. The van der Waals surface area contributed by atoms with Gasteiger partial charge >= 0.3 is 0 Å². The van der Waals surface area contributed by atoms with E-state index in [0.717, 1.165) is 12.8 Å². The largest absolute Gasteiger partial charge is 0.350 e. The molecule has 0 saturated heterocycles. The molecule has 0 aliphatic carbocycles. The summed E-state index contributed by atoms with van der Waals surface area (Å²) in [5, 5.41) is 3.42. The average molecular weight is 409 g/mol. The molecule has 7 heteroatoms. The van der Waals surface area contributed by atoms with Crippen molar-refractivity contribution >= 4 is 33.2 Å². The Morgan fingerprint density at radius 3 is 2.37 bits per heavy atom. The zero-order chi connectivity index (χ0) is 20.2. The van der Waals surface area contributed by atoms with Gasteiger partial charge in [-0.2, -0.15) is 0 Å². The highest BCUT2D eigenvalue weighted by molar-refractivity contribution is 7.92. The van der Waals surface area contributed by atoms with Gasteiger partial charge in [-0.25, -0.2) is 8.42 Å². The lowest BCUT2D eigenvalue weighted by Gasteiger charge is -2.22. The van der Waals surface area contributed by atoms with Crippen molar-refractivity contribution < 1.29 is 13.2 Å². The fraction of sp³-hybridized carbons (Fsp3) is 0.350. The lowest BCUT2D eigenvalue weighted by atomic mass is 10.1. The molecule has 1 atom stereocenters. The van der Waals surface area contributed by atoms with Gasteiger partial charge in [0, 0.05) is 23.7 Å². The molecular weight excluding hydrogens is 384 g/mol. The van der Waals surface area contributed by atoms with Crippen molar-refractivity contribution in [3.05, 3.63) is 58.6 Å². The summed E-state index contributed by atoms with van der Waals surface area (Å²) in [5.41, 5.74) is 1.73. The second kappa shape index (κ2) is 8.76. The van der Waals surface area contributed by atoms with Crippen molar-refractivity contribution in [3.8, 4) is 0 Å². The monoisotopic (exact) mass is 408 g/mol. The van der Waals surface area contributed by atoms with Gasteiger partial charge in [0.05, 0.1) is 10.6 Å². The maximum Gasteiger partial charge on any atom is 0.264 e. The number of hydrogen-bond acceptors (Lipinski definition) is 3. The molecule has 27 heavy (non-hydrogen) atoms. The van der Waals surface area contributed by atoms with E-state index in [4.69, 9.17) is 11.6 Å². The molecule has 0 aliphatic heterocycles. The number of carbonyl (C=O) groups is 1. The van der Waals surface area contributed by atoms with Crippen molar-refractivity contribution in [2.45, 2.75) is 44.6 Å². The van der Waals surface area contributed by atoms with Crippen LogP contribution in [0.1, 0.15) is 42.6 Å². The summed E-state index contributed by atoms with van der Waals surface area (Å²) in [6, 6.07) is 11.1. The quantitative estimate of drug-likeness (QED) is 0.738. The fourth-order valence-corrected chi connectivity index (χ4v) is 4.24. The van der Waals surface area contributed by atoms with Crippen LogP contribution in [0, 0.1) is 6.92 Å². The van der Waals surface area contributed by atoms with E-state index in [-0.39, 0.29) is 16.8 Å². The third kappa shape index (κ3) is 5.02. The van der Waals surface area contributed by atoms with Crippen LogP contribution in [0.15, 0.2) is 47.4 Å². The Morgan fingerprint density at radius 1 is 1.19 bits per heavy atom. The molecule has 0 fully saturated rings. The molecule has 0 saturated carbocycles. The Bertz CT molecular complexity index is 911. The Morgan fingerprint density at radius 2 is 1.81 bits per heavy atom. The minimum Gasteiger partial charge on any atom is -0.350 e. The molecule has 0 radical (unpaired) electrons. The molecule has 1 N–H and O–H groups in total. The van der Waals surface area contributed by atoms with E-state index in [2.05, 4.69) is 12.2 Å². The van der Waals surface area contributed by atoms with Gasteiger partial charge in [-0.15, -0.1) is 0 Å². The summed E-state index contributed by atoms with van der Waals surface area (Å²) >= 11 is 5.84. The average Bonchev–Trinajstić information content (AvgIpc) is 2.61. The third-order valence-electron chi connectivity index (χ3n) is 4.37. The number of anilines is 1. The number of hydrogen-bond donors (Lipinski definition) is 1. The van der Waals surface area contributed by atoms with Crippen LogP contribution < -0.4 is 9.62 Å². The van der Waals surface area contributed by atoms with Crippen molar-refractivity contribution in [1.82, 2.24) is 5.32 Å². The van der Waals surface area contributed by atoms with E-state index in [1.54, 1.807) is 37.3 Å². The van der Waals surface area contributed by atoms with E-state index in [0.29, 0.717) is 21.8 Å². The van der Waals surface area contributed by atoms with Gasteiger partial charge in [0.15, 0.2) is 0 Å². The predicted octanol–water partition coefficient (Wildman–Crippen LogP) is 4.39. The maximum atomic E-state index is 12.8. The topological polar surface area (TPSA) is 66.5 Å². The smallest absolute Gasteiger partial charge is 0.264 e. The molecule has 2 aromatic rings. The highest BCUT2D eigenvalue weighted by atomic mass is 35.5. The summed E-state index contributed by atoms with van der Waals surface area (Å²) in [5.74, 6) is -0.159. The van der Waals surface area contributed by atoms with Crippen molar-refractivity contribution in [3.63, 3.8) is 0 Å². The Labute approximate surface area is 166 Å². The number of aryl methyl sites for hydroxylation is 1. The summed E-state index contributed by atoms with van der Waals surface area (Å²) in [6.07, 6.45) is 1.90. The molecule has 2 rings (SSSR count). The standard InChI is InChI=1S/C20H25ClN2O3S/c1-5-6-15(3)22-20(24)16-7-12-19(14(2)13-16)23(4)27(25,26)18-10-8-17(21)9-11-18/h7-13,15H,5-6H2,1-4H3,(H,22,24)/t15-/m1/s1. The summed E-state index contributed by atoms with van der Waals surface area (Å²) in [7, 11) is -2.22. The second-order valence-electron chi connectivity index (χ2n) is 6.59. The molecule has 0 aliphatic rings. The van der Waals surface area contributed by atoms with Crippen molar-refractivity contribution in [2.24, 2.45) is 0 Å². The van der Waals surface area contributed by atoms with E-state index in [9.17, 15) is 13.2 Å². The normalized spacial score (nSPS) is 12.5. The van der Waals surface area contributed by atoms with Crippen molar-refractivity contribution in [1.29, 1.82) is 0 Å². The number of benzene rings is 2. The summed E-state index contributed by atoms with van der Waals surface area (Å²) in [6.45, 7) is 5.82. The minimum atomic E-state index is -3.72. The van der Waals surface area contributed by atoms with Crippen LogP contribution in [-0.2, 0) is 10.0 Å². The maximum absolute atomic E-state index is 12.8. The van der Waals surface area contributed by atoms with E-state index in [1.807, 2.05) is 6.92 Å². The summed E-state index contributed by atoms with van der Waals surface area (Å²) in [4.78, 5) is 12.5. The van der Waals surface area contributed by atoms with E-state index in [1.165, 1.54) is 23.5 Å². The van der Waals surface area contributed by atoms with Crippen LogP contribution in [0.5, 0.6) is 0 Å². The lowest BCUT2D eigenvalue weighted by molar-refractivity contribution is 0.0938. The fourth-order valence-electron chi connectivity index (χ4n) is 2.86. The molecule has 2 aromatic carbocycles. The van der Waals surface area contributed by atoms with Gasteiger partial charge in [0.2, 0.25) is 0 Å². The molecule has 0 bridgehead atoms. The second-order valence-corrected chi connectivity index (χ2v) is 9.00. The first kappa shape index (κ1) is 21.3. The molecule has 1 amide bonds. The minimum absolute atomic E-state index is 0.0930. The highest BCUT2D eigenvalue weighted by Gasteiger charge is 2.23. The number of sulfonamides is 1. The number of rotatable bonds is 7. The number of nitrogens with one attached hydrogen (secondary N) is 1. The first-order valence-corrected chi connectivity index (χ1v) is 10.6. The predicted molar refractivity (Wildman–Crippen MR) is 110 cm³/mol. The van der Waals surface area contributed by atoms with Crippen LogP contribution in [-0.4, -0.2) is 27.4 Å². The Hall–Kier alpha value is -2.05. The van der Waals surface area contributed by atoms with Crippen LogP contribution in [0.2, 0.25) is 5.02 Å². The van der Waals surface area contributed by atoms with Gasteiger partial charge in [-0.1, -0.05) is 24.9 Å². The third-order valence-corrected chi connectivity index (χ3v) is 6.41. The van der Waals surface area contributed by atoms with Gasteiger partial charge in [-0.3, -0.25) is 9.10 Å². The number of carbonyl (C=O) groups excluding carboxylic acids is 1.